The molecule has 1 fully saturated rings. The van der Waals surface area contributed by atoms with Gasteiger partial charge in [0.25, 0.3) is 5.91 Å². The number of aromatic nitrogens is 2. The number of aromatic amines is 1. The smallest absolute Gasteiger partial charge is 0.260 e. The molecule has 1 aliphatic rings. The Balaban J connectivity index is 0.00000378. The fourth-order valence-electron chi connectivity index (χ4n) is 6.05. The molecule has 0 bridgehead atoms. The number of imidazole rings is 1. The van der Waals surface area contributed by atoms with Crippen LogP contribution in [0.3, 0.4) is 0 Å². The Morgan fingerprint density at radius 3 is 2.45 bits per heavy atom. The Hall–Kier alpha value is -4.66. The standard InChI is InChI=1S/C36H43N7O7S.2ClH/c1-24-13-16-29(30(22-24)50-21-8-6-7-12-31(45)43-19-17-41(2)18-20-43)42(3)35(46)27-15-14-26(34(49-4)33(27)37-23-44)25-10-9-11-28-32(25)39-36(38-28)40-51(5,47)48;;/h9-11,13-16,22H,6-8,12,17-21H2,1-5H3,(H2,38,39,40);2*1H. The number of carbonyl (C=O) groups is 2. The summed E-state index contributed by atoms with van der Waals surface area (Å²) >= 11 is 0. The number of rotatable bonds is 14. The number of hydrogen-bond donors (Lipinski definition) is 2. The molecule has 0 unspecified atom stereocenters. The number of nitrogens with zero attached hydrogens (tertiary/aromatic N) is 5. The average molecular weight is 791 g/mol. The van der Waals surface area contributed by atoms with Crippen LogP contribution in [0.1, 0.15) is 41.6 Å². The molecule has 3 aromatic carbocycles. The molecule has 1 saturated heterocycles. The van der Waals surface area contributed by atoms with Crippen molar-refractivity contribution in [3.63, 3.8) is 0 Å². The number of methoxy groups -OCH3 is 1. The van der Waals surface area contributed by atoms with Crippen LogP contribution in [0.5, 0.6) is 11.5 Å². The zero-order valence-corrected chi connectivity index (χ0v) is 32.8. The van der Waals surface area contributed by atoms with Gasteiger partial charge in [0.15, 0.2) is 5.75 Å². The number of fused-ring (bicyclic) bond motifs is 1. The second-order valence-electron chi connectivity index (χ2n) is 12.6. The molecule has 2 heterocycles. The van der Waals surface area contributed by atoms with E-state index >= 15 is 0 Å². The van der Waals surface area contributed by atoms with Gasteiger partial charge in [-0.2, -0.15) is 4.99 Å². The van der Waals surface area contributed by atoms with E-state index in [0.29, 0.717) is 46.6 Å². The van der Waals surface area contributed by atoms with Crippen LogP contribution in [-0.4, -0.2) is 106 Å². The summed E-state index contributed by atoms with van der Waals surface area (Å²) in [4.78, 5) is 55.2. The van der Waals surface area contributed by atoms with Gasteiger partial charge in [-0.3, -0.25) is 14.3 Å². The predicted molar refractivity (Wildman–Crippen MR) is 211 cm³/mol. The van der Waals surface area contributed by atoms with Crippen LogP contribution in [0.25, 0.3) is 22.2 Å². The minimum atomic E-state index is -3.59. The third-order valence-corrected chi connectivity index (χ3v) is 9.30. The number of sulfonamides is 1. The predicted octanol–water partition coefficient (Wildman–Crippen LogP) is 5.72. The maximum atomic E-state index is 14.1. The summed E-state index contributed by atoms with van der Waals surface area (Å²) in [6.07, 6.45) is 5.43. The van der Waals surface area contributed by atoms with Gasteiger partial charge >= 0.3 is 0 Å². The number of ether oxygens (including phenoxy) is 2. The first-order chi connectivity index (χ1) is 24.4. The van der Waals surface area contributed by atoms with E-state index in [2.05, 4.69) is 31.6 Å². The summed E-state index contributed by atoms with van der Waals surface area (Å²) in [6.45, 7) is 5.69. The van der Waals surface area contributed by atoms with Crippen molar-refractivity contribution in [2.45, 2.75) is 32.6 Å². The molecule has 4 aromatic rings. The van der Waals surface area contributed by atoms with Gasteiger partial charge in [-0.15, -0.1) is 24.8 Å². The van der Waals surface area contributed by atoms with Crippen LogP contribution in [0.4, 0.5) is 17.3 Å². The number of isocyanates is 1. The van der Waals surface area contributed by atoms with E-state index in [4.69, 9.17) is 9.47 Å². The van der Waals surface area contributed by atoms with Crippen molar-refractivity contribution in [3.8, 4) is 22.6 Å². The summed E-state index contributed by atoms with van der Waals surface area (Å²) < 4.78 is 37.9. The van der Waals surface area contributed by atoms with Gasteiger partial charge in [-0.1, -0.05) is 18.2 Å². The molecule has 53 heavy (non-hydrogen) atoms. The number of carbonyl (C=O) groups excluding carboxylic acids is 3. The van der Waals surface area contributed by atoms with Gasteiger partial charge in [0, 0.05) is 50.8 Å². The number of piperazine rings is 1. The lowest BCUT2D eigenvalue weighted by atomic mass is 9.98. The Bertz CT molecular complexity index is 2080. The summed E-state index contributed by atoms with van der Waals surface area (Å²) in [5.41, 5.74) is 3.54. The van der Waals surface area contributed by atoms with Crippen LogP contribution in [0.15, 0.2) is 53.5 Å². The van der Waals surface area contributed by atoms with Crippen molar-refractivity contribution in [3.05, 3.63) is 59.7 Å². The van der Waals surface area contributed by atoms with E-state index in [1.54, 1.807) is 49.5 Å². The topological polar surface area (TPSA) is 167 Å². The number of para-hydroxylation sites is 1. The van der Waals surface area contributed by atoms with Gasteiger partial charge in [0.2, 0.25) is 28.0 Å². The molecule has 2 amide bonds. The number of H-pyrrole nitrogens is 1. The Morgan fingerprint density at radius 2 is 1.77 bits per heavy atom. The number of nitrogens with one attached hydrogen (secondary N) is 2. The highest BCUT2D eigenvalue weighted by Gasteiger charge is 2.26. The molecule has 14 nitrogen and oxygen atoms in total. The van der Waals surface area contributed by atoms with Gasteiger partial charge < -0.3 is 29.2 Å². The van der Waals surface area contributed by atoms with E-state index < -0.39 is 15.9 Å². The normalized spacial score (nSPS) is 13.0. The largest absolute Gasteiger partial charge is 0.494 e. The van der Waals surface area contributed by atoms with Crippen LogP contribution in [-0.2, 0) is 19.6 Å². The summed E-state index contributed by atoms with van der Waals surface area (Å²) in [5, 5.41) is 0. The van der Waals surface area contributed by atoms with Crippen molar-refractivity contribution in [1.29, 1.82) is 0 Å². The highest BCUT2D eigenvalue weighted by atomic mass is 35.5. The monoisotopic (exact) mass is 789 g/mol. The molecule has 0 saturated carbocycles. The lowest BCUT2D eigenvalue weighted by molar-refractivity contribution is -0.132. The number of halogens is 2. The first-order valence-corrected chi connectivity index (χ1v) is 18.5. The van der Waals surface area contributed by atoms with Crippen LogP contribution in [0, 0.1) is 6.92 Å². The maximum Gasteiger partial charge on any atom is 0.260 e. The molecule has 286 valence electrons. The number of aliphatic imine (C=N–C) groups is 1. The second-order valence-corrected chi connectivity index (χ2v) is 14.3. The zero-order valence-electron chi connectivity index (χ0n) is 30.3. The number of amides is 2. The van der Waals surface area contributed by atoms with E-state index in [1.165, 1.54) is 12.0 Å². The highest BCUT2D eigenvalue weighted by molar-refractivity contribution is 7.92. The Labute approximate surface area is 321 Å². The minimum Gasteiger partial charge on any atom is -0.494 e. The third-order valence-electron chi connectivity index (χ3n) is 8.74. The zero-order chi connectivity index (χ0) is 36.7. The fourth-order valence-corrected chi connectivity index (χ4v) is 6.50. The molecular formula is C36H45Cl2N7O7S. The van der Waals surface area contributed by atoms with Crippen LogP contribution < -0.4 is 19.1 Å². The molecule has 1 aromatic heterocycles. The van der Waals surface area contributed by atoms with E-state index in [-0.39, 0.29) is 53.7 Å². The molecule has 17 heteroatoms. The van der Waals surface area contributed by atoms with E-state index in [1.807, 2.05) is 24.0 Å². The lowest BCUT2D eigenvalue weighted by Crippen LogP contribution is -2.47. The average Bonchev–Trinajstić information content (AvgIpc) is 3.50. The molecule has 2 N–H and O–H groups in total. The molecule has 1 aliphatic heterocycles. The molecule has 0 spiro atoms. The Kier molecular flexibility index (Phi) is 15.2. The van der Waals surface area contributed by atoms with Crippen molar-refractivity contribution in [1.82, 2.24) is 19.8 Å². The van der Waals surface area contributed by atoms with E-state index in [9.17, 15) is 22.8 Å². The number of benzene rings is 3. The fraction of sp³-hybridized carbons (Fsp3) is 0.389. The summed E-state index contributed by atoms with van der Waals surface area (Å²) in [6, 6.07) is 14.0. The van der Waals surface area contributed by atoms with Crippen molar-refractivity contribution in [2.24, 2.45) is 4.99 Å². The first kappa shape index (κ1) is 42.8. The Morgan fingerprint density at radius 1 is 1.04 bits per heavy atom. The maximum absolute atomic E-state index is 14.1. The van der Waals surface area contributed by atoms with Gasteiger partial charge in [-0.05, 0) is 69.1 Å². The van der Waals surface area contributed by atoms with Crippen molar-refractivity contribution >= 4 is 81.1 Å². The van der Waals surface area contributed by atoms with Crippen molar-refractivity contribution in [2.75, 3.05) is 69.9 Å². The highest BCUT2D eigenvalue weighted by Crippen LogP contribution is 2.43. The molecule has 0 aliphatic carbocycles. The van der Waals surface area contributed by atoms with Crippen LogP contribution >= 0.6 is 24.8 Å². The second kappa shape index (κ2) is 18.9. The van der Waals surface area contributed by atoms with Gasteiger partial charge in [0.1, 0.15) is 11.4 Å². The minimum absolute atomic E-state index is 0. The number of likely N-dealkylation sites (N-methyl/N-ethyl adjacent to an activating group) is 1. The number of anilines is 2. The summed E-state index contributed by atoms with van der Waals surface area (Å²) in [5.74, 6) is 0.417. The van der Waals surface area contributed by atoms with Crippen molar-refractivity contribution < 1.29 is 32.3 Å². The summed E-state index contributed by atoms with van der Waals surface area (Å²) in [7, 11) is 1.48. The number of aryl methyl sites for hydroxylation is 1. The third kappa shape index (κ3) is 10.5. The molecule has 5 rings (SSSR count). The molecule has 0 atom stereocenters. The quantitative estimate of drug-likeness (QED) is 0.0923. The van der Waals surface area contributed by atoms with Crippen LogP contribution in [0.2, 0.25) is 0 Å². The number of hydrogen-bond acceptors (Lipinski definition) is 10. The van der Waals surface area contributed by atoms with Gasteiger partial charge in [-0.25, -0.2) is 18.2 Å². The molecule has 0 radical (unpaired) electrons. The molecular weight excluding hydrogens is 745 g/mol. The lowest BCUT2D eigenvalue weighted by Gasteiger charge is -2.32. The number of unbranched alkanes of at least 4 members (excludes halogenated alkanes) is 2. The van der Waals surface area contributed by atoms with E-state index in [0.717, 1.165) is 57.3 Å². The SMILES string of the molecule is COc1c(-c2cccc3[nH]c(NS(C)(=O)=O)nc23)ccc(C(=O)N(C)c2ccc(C)cc2OCCCCCC(=O)N2CCN(C)CC2)c1N=C=O.Cl.Cl. The van der Waals surface area contributed by atoms with Gasteiger partial charge in [0.05, 0.1) is 42.3 Å². The first-order valence-electron chi connectivity index (χ1n) is 16.6.